The second-order valence-corrected chi connectivity index (χ2v) is 5.63. The third kappa shape index (κ3) is 6.78. The molecule has 0 aliphatic carbocycles. The van der Waals surface area contributed by atoms with Crippen LogP contribution >= 0.6 is 0 Å². The van der Waals surface area contributed by atoms with Crippen molar-refractivity contribution in [3.8, 4) is 0 Å². The summed E-state index contributed by atoms with van der Waals surface area (Å²) in [6.45, 7) is 2.52. The molecule has 3 N–H and O–H groups in total. The van der Waals surface area contributed by atoms with E-state index in [1.54, 1.807) is 7.05 Å². The molecule has 0 saturated carbocycles. The fourth-order valence-electron chi connectivity index (χ4n) is 2.74. The summed E-state index contributed by atoms with van der Waals surface area (Å²) in [5.74, 6) is 0.753. The number of unbranched alkanes of at least 4 members (excludes halogenated alkanes) is 1. The lowest BCUT2D eigenvalue weighted by Gasteiger charge is -2.34. The highest BCUT2D eigenvalue weighted by Crippen LogP contribution is 2.19. The minimum atomic E-state index is -0.238. The van der Waals surface area contributed by atoms with Crippen LogP contribution in [0.1, 0.15) is 38.5 Å². The molecule has 7 nitrogen and oxygen atoms in total. The molecule has 1 fully saturated rings. The number of hydrogen-bond acceptors (Lipinski definition) is 4. The van der Waals surface area contributed by atoms with Gasteiger partial charge in [-0.15, -0.1) is 0 Å². The Bertz CT molecular complexity index is 398. The molecule has 1 atom stereocenters. The number of guanidine groups is 1. The number of hydrogen-bond donors (Lipinski definition) is 2. The number of piperidine rings is 1. The second-order valence-electron chi connectivity index (χ2n) is 5.63. The van der Waals surface area contributed by atoms with E-state index in [9.17, 15) is 9.59 Å². The average Bonchev–Trinajstić information content (AvgIpc) is 2.50. The second kappa shape index (κ2) is 10.0. The molecule has 1 rings (SSSR count). The number of likely N-dealkylation sites (tertiary alicyclic amines) is 1. The van der Waals surface area contributed by atoms with E-state index in [0.29, 0.717) is 18.8 Å². The summed E-state index contributed by atoms with van der Waals surface area (Å²) in [4.78, 5) is 28.6. The van der Waals surface area contributed by atoms with Crippen LogP contribution in [0.25, 0.3) is 0 Å². The Kier molecular flexibility index (Phi) is 8.32. The minimum absolute atomic E-state index is 0.172. The zero-order chi connectivity index (χ0) is 16.4. The fraction of sp³-hybridized carbons (Fsp3) is 0.800. The molecule has 0 aromatic heterocycles. The van der Waals surface area contributed by atoms with Crippen molar-refractivity contribution < 1.29 is 14.3 Å². The number of methoxy groups -OCH3 is 1. The fourth-order valence-corrected chi connectivity index (χ4v) is 2.74. The molecular formula is C15H28N4O3. The van der Waals surface area contributed by atoms with Crippen LogP contribution in [0.4, 0.5) is 0 Å². The zero-order valence-corrected chi connectivity index (χ0v) is 13.6. The Morgan fingerprint density at radius 2 is 2.18 bits per heavy atom. The van der Waals surface area contributed by atoms with Crippen LogP contribution in [-0.2, 0) is 14.3 Å². The number of carbonyl (C=O) groups is 2. The highest BCUT2D eigenvalue weighted by atomic mass is 16.5. The molecule has 0 aromatic carbocycles. The van der Waals surface area contributed by atoms with Crippen molar-refractivity contribution in [1.82, 2.24) is 10.2 Å². The first kappa shape index (κ1) is 18.3. The predicted molar refractivity (Wildman–Crippen MR) is 85.3 cm³/mol. The van der Waals surface area contributed by atoms with Gasteiger partial charge in [-0.25, -0.2) is 0 Å². The van der Waals surface area contributed by atoms with Crippen LogP contribution < -0.4 is 11.1 Å². The van der Waals surface area contributed by atoms with Crippen LogP contribution in [0.15, 0.2) is 4.99 Å². The van der Waals surface area contributed by atoms with Crippen molar-refractivity contribution >= 4 is 17.8 Å². The Balaban J connectivity index is 2.31. The largest absolute Gasteiger partial charge is 0.469 e. The van der Waals surface area contributed by atoms with Gasteiger partial charge in [0.25, 0.3) is 0 Å². The molecule has 126 valence electrons. The van der Waals surface area contributed by atoms with Gasteiger partial charge in [-0.2, -0.15) is 0 Å². The summed E-state index contributed by atoms with van der Waals surface area (Å²) >= 11 is 0. The maximum Gasteiger partial charge on any atom is 0.305 e. The SMILES string of the molecule is CN=C(NCCCCC(=O)OC)N1CCCC(CC(N)=O)C1. The van der Waals surface area contributed by atoms with E-state index in [1.807, 2.05) is 0 Å². The number of nitrogens with one attached hydrogen (secondary N) is 1. The number of esters is 1. The lowest BCUT2D eigenvalue weighted by molar-refractivity contribution is -0.140. The van der Waals surface area contributed by atoms with Crippen LogP contribution in [0.2, 0.25) is 0 Å². The van der Waals surface area contributed by atoms with Gasteiger partial charge in [0.15, 0.2) is 5.96 Å². The highest BCUT2D eigenvalue weighted by molar-refractivity contribution is 5.80. The monoisotopic (exact) mass is 312 g/mol. The van der Waals surface area contributed by atoms with E-state index < -0.39 is 0 Å². The smallest absolute Gasteiger partial charge is 0.305 e. The predicted octanol–water partition coefficient (Wildman–Crippen LogP) is 0.493. The number of nitrogens with two attached hydrogens (primary N) is 1. The minimum Gasteiger partial charge on any atom is -0.469 e. The van der Waals surface area contributed by atoms with Crippen molar-refractivity contribution in [2.24, 2.45) is 16.6 Å². The third-order valence-corrected chi connectivity index (χ3v) is 3.84. The molecule has 0 bridgehead atoms. The number of amides is 1. The quantitative estimate of drug-likeness (QED) is 0.309. The van der Waals surface area contributed by atoms with Crippen LogP contribution in [-0.4, -0.2) is 56.5 Å². The summed E-state index contributed by atoms with van der Waals surface area (Å²) in [5.41, 5.74) is 5.29. The lowest BCUT2D eigenvalue weighted by atomic mass is 9.95. The van der Waals surface area contributed by atoms with Gasteiger partial charge in [-0.05, 0) is 31.6 Å². The first-order valence-electron chi connectivity index (χ1n) is 7.87. The molecule has 1 amide bonds. The first-order valence-corrected chi connectivity index (χ1v) is 7.87. The van der Waals surface area contributed by atoms with E-state index >= 15 is 0 Å². The summed E-state index contributed by atoms with van der Waals surface area (Å²) in [6.07, 6.45) is 4.64. The highest BCUT2D eigenvalue weighted by Gasteiger charge is 2.23. The Hall–Kier alpha value is -1.79. The van der Waals surface area contributed by atoms with Crippen molar-refractivity contribution in [3.05, 3.63) is 0 Å². The number of carbonyl (C=O) groups excluding carboxylic acids is 2. The van der Waals surface area contributed by atoms with E-state index in [4.69, 9.17) is 5.73 Å². The molecule has 7 heteroatoms. The number of aliphatic imine (C=N–C) groups is 1. The molecule has 0 spiro atoms. The number of nitrogens with zero attached hydrogens (tertiary/aromatic N) is 2. The van der Waals surface area contributed by atoms with Crippen LogP contribution in [0, 0.1) is 5.92 Å². The summed E-state index contributed by atoms with van der Waals surface area (Å²) in [5, 5.41) is 3.31. The zero-order valence-electron chi connectivity index (χ0n) is 13.6. The van der Waals surface area contributed by atoms with Gasteiger partial charge in [0.2, 0.25) is 5.91 Å². The van der Waals surface area contributed by atoms with Crippen molar-refractivity contribution in [2.75, 3.05) is 33.8 Å². The van der Waals surface area contributed by atoms with E-state index in [1.165, 1.54) is 7.11 Å². The van der Waals surface area contributed by atoms with Gasteiger partial charge in [-0.3, -0.25) is 14.6 Å². The average molecular weight is 312 g/mol. The summed E-state index contributed by atoms with van der Waals surface area (Å²) in [6, 6.07) is 0. The third-order valence-electron chi connectivity index (χ3n) is 3.84. The van der Waals surface area contributed by atoms with Crippen LogP contribution in [0.3, 0.4) is 0 Å². The van der Waals surface area contributed by atoms with E-state index in [-0.39, 0.29) is 11.9 Å². The van der Waals surface area contributed by atoms with Crippen LogP contribution in [0.5, 0.6) is 0 Å². The molecule has 0 aromatic rings. The molecule has 0 radical (unpaired) electrons. The van der Waals surface area contributed by atoms with Crippen molar-refractivity contribution in [1.29, 1.82) is 0 Å². The van der Waals surface area contributed by atoms with Gasteiger partial charge in [0, 0.05) is 39.5 Å². The Labute approximate surface area is 132 Å². The molecular weight excluding hydrogens is 284 g/mol. The Morgan fingerprint density at radius 3 is 2.82 bits per heavy atom. The van der Waals surface area contributed by atoms with E-state index in [0.717, 1.165) is 51.3 Å². The van der Waals surface area contributed by atoms with Gasteiger partial charge in [0.1, 0.15) is 0 Å². The molecule has 1 heterocycles. The number of primary amides is 1. The normalized spacial score (nSPS) is 18.9. The van der Waals surface area contributed by atoms with Gasteiger partial charge in [-0.1, -0.05) is 0 Å². The first-order chi connectivity index (χ1) is 10.6. The van der Waals surface area contributed by atoms with E-state index in [2.05, 4.69) is 19.9 Å². The summed E-state index contributed by atoms with van der Waals surface area (Å²) in [7, 11) is 3.16. The van der Waals surface area contributed by atoms with Crippen molar-refractivity contribution in [2.45, 2.75) is 38.5 Å². The summed E-state index contributed by atoms with van der Waals surface area (Å²) < 4.78 is 4.61. The number of rotatable bonds is 7. The maximum atomic E-state index is 11.1. The lowest BCUT2D eigenvalue weighted by Crippen LogP contribution is -2.47. The van der Waals surface area contributed by atoms with Gasteiger partial charge in [0.05, 0.1) is 7.11 Å². The molecule has 1 unspecified atom stereocenters. The molecule has 22 heavy (non-hydrogen) atoms. The number of ether oxygens (including phenoxy) is 1. The van der Waals surface area contributed by atoms with Crippen molar-refractivity contribution in [3.63, 3.8) is 0 Å². The Morgan fingerprint density at radius 1 is 1.41 bits per heavy atom. The van der Waals surface area contributed by atoms with Gasteiger partial charge >= 0.3 is 5.97 Å². The topological polar surface area (TPSA) is 97.0 Å². The standard InChI is InChI=1S/C15H28N4O3/c1-17-15(18-8-4-3-7-14(21)22-2)19-9-5-6-12(11-19)10-13(16)20/h12H,3-11H2,1-2H3,(H2,16,20)(H,17,18). The molecule has 1 aliphatic rings. The molecule has 1 aliphatic heterocycles. The van der Waals surface area contributed by atoms with Gasteiger partial charge < -0.3 is 20.7 Å². The molecule has 1 saturated heterocycles. The maximum absolute atomic E-state index is 11.1.